The van der Waals surface area contributed by atoms with Crippen molar-refractivity contribution in [2.24, 2.45) is 0 Å². The molecular formula is C26H21N2O4-. The van der Waals surface area contributed by atoms with E-state index < -0.39 is 18.1 Å². The monoisotopic (exact) mass is 425 g/mol. The second-order valence-electron chi connectivity index (χ2n) is 7.76. The summed E-state index contributed by atoms with van der Waals surface area (Å²) in [4.78, 5) is 23.7. The van der Waals surface area contributed by atoms with Crippen LogP contribution in [0.1, 0.15) is 34.6 Å². The lowest BCUT2D eigenvalue weighted by molar-refractivity contribution is -0.306. The SMILES string of the molecule is N#Cc1cccc(C[C@@H](CC(=O)[O-])NC(=O)OCC2c3ccccc3-c3ccccc32)c1. The number of hydrogen-bond donors (Lipinski definition) is 1. The zero-order valence-electron chi connectivity index (χ0n) is 17.3. The lowest BCUT2D eigenvalue weighted by atomic mass is 9.98. The number of carboxylic acids is 1. The summed E-state index contributed by atoms with van der Waals surface area (Å²) < 4.78 is 5.52. The number of nitrogens with one attached hydrogen (secondary N) is 1. The van der Waals surface area contributed by atoms with Crippen molar-refractivity contribution in [3.8, 4) is 17.2 Å². The van der Waals surface area contributed by atoms with Gasteiger partial charge in [0.05, 0.1) is 11.6 Å². The fraction of sp³-hybridized carbons (Fsp3) is 0.192. The van der Waals surface area contributed by atoms with Gasteiger partial charge in [0, 0.05) is 24.3 Å². The maximum absolute atomic E-state index is 12.5. The Morgan fingerprint density at radius 3 is 2.28 bits per heavy atom. The third-order valence-corrected chi connectivity index (χ3v) is 5.62. The molecule has 6 nitrogen and oxygen atoms in total. The molecule has 0 saturated heterocycles. The van der Waals surface area contributed by atoms with Crippen LogP contribution in [-0.4, -0.2) is 24.7 Å². The van der Waals surface area contributed by atoms with Gasteiger partial charge in [-0.2, -0.15) is 5.26 Å². The number of carbonyl (C=O) groups excluding carboxylic acids is 2. The molecule has 0 fully saturated rings. The maximum Gasteiger partial charge on any atom is 0.407 e. The van der Waals surface area contributed by atoms with Gasteiger partial charge in [0.1, 0.15) is 6.61 Å². The first-order valence-electron chi connectivity index (χ1n) is 10.4. The molecule has 0 aromatic heterocycles. The van der Waals surface area contributed by atoms with Crippen molar-refractivity contribution in [1.29, 1.82) is 5.26 Å². The van der Waals surface area contributed by atoms with E-state index in [0.29, 0.717) is 5.56 Å². The highest BCUT2D eigenvalue weighted by Crippen LogP contribution is 2.44. The summed E-state index contributed by atoms with van der Waals surface area (Å²) in [5.74, 6) is -1.36. The van der Waals surface area contributed by atoms with Gasteiger partial charge in [-0.15, -0.1) is 0 Å². The van der Waals surface area contributed by atoms with Gasteiger partial charge in [-0.3, -0.25) is 0 Å². The maximum atomic E-state index is 12.5. The summed E-state index contributed by atoms with van der Waals surface area (Å²) in [7, 11) is 0. The predicted molar refractivity (Wildman–Crippen MR) is 116 cm³/mol. The molecular weight excluding hydrogens is 404 g/mol. The molecule has 0 aliphatic heterocycles. The van der Waals surface area contributed by atoms with Crippen LogP contribution in [-0.2, 0) is 16.0 Å². The fourth-order valence-corrected chi connectivity index (χ4v) is 4.23. The first kappa shape index (κ1) is 21.1. The highest BCUT2D eigenvalue weighted by atomic mass is 16.5. The van der Waals surface area contributed by atoms with E-state index in [0.717, 1.165) is 27.8 Å². The van der Waals surface area contributed by atoms with E-state index in [4.69, 9.17) is 10.00 Å². The second-order valence-corrected chi connectivity index (χ2v) is 7.76. The first-order chi connectivity index (χ1) is 15.5. The Kier molecular flexibility index (Phi) is 6.18. The number of hydrogen-bond acceptors (Lipinski definition) is 5. The van der Waals surface area contributed by atoms with E-state index in [-0.39, 0.29) is 25.4 Å². The largest absolute Gasteiger partial charge is 0.550 e. The molecule has 0 unspecified atom stereocenters. The van der Waals surface area contributed by atoms with Crippen molar-refractivity contribution in [2.75, 3.05) is 6.61 Å². The average molecular weight is 425 g/mol. The summed E-state index contributed by atoms with van der Waals surface area (Å²) in [5, 5.41) is 22.9. The fourth-order valence-electron chi connectivity index (χ4n) is 4.23. The van der Waals surface area contributed by atoms with E-state index in [2.05, 4.69) is 17.4 Å². The summed E-state index contributed by atoms with van der Waals surface area (Å²) in [5.41, 5.74) is 5.67. The van der Waals surface area contributed by atoms with E-state index in [1.165, 1.54) is 0 Å². The lowest BCUT2D eigenvalue weighted by Crippen LogP contribution is -2.41. The molecule has 6 heteroatoms. The Bertz CT molecular complexity index is 1150. The predicted octanol–water partition coefficient (Wildman–Crippen LogP) is 3.15. The number of nitriles is 1. The Morgan fingerprint density at radius 1 is 1.00 bits per heavy atom. The van der Waals surface area contributed by atoms with Crippen molar-refractivity contribution in [3.05, 3.63) is 95.1 Å². The summed E-state index contributed by atoms with van der Waals surface area (Å²) in [6.07, 6.45) is -0.802. The number of rotatable bonds is 7. The first-order valence-corrected chi connectivity index (χ1v) is 10.4. The number of benzene rings is 3. The molecule has 0 spiro atoms. The van der Waals surface area contributed by atoms with Crippen molar-refractivity contribution in [2.45, 2.75) is 24.8 Å². The van der Waals surface area contributed by atoms with E-state index in [1.54, 1.807) is 24.3 Å². The Hall–Kier alpha value is -4.11. The van der Waals surface area contributed by atoms with Gasteiger partial charge in [-0.25, -0.2) is 4.79 Å². The zero-order valence-corrected chi connectivity index (χ0v) is 17.3. The molecule has 0 radical (unpaired) electrons. The quantitative estimate of drug-likeness (QED) is 0.627. The third-order valence-electron chi connectivity index (χ3n) is 5.62. The number of carboxylic acid groups (broad SMARTS) is 1. The highest BCUT2D eigenvalue weighted by Gasteiger charge is 2.29. The van der Waals surface area contributed by atoms with Gasteiger partial charge in [0.2, 0.25) is 0 Å². The molecule has 1 amide bonds. The molecule has 1 atom stereocenters. The molecule has 3 aromatic rings. The minimum Gasteiger partial charge on any atom is -0.550 e. The van der Waals surface area contributed by atoms with Crippen LogP contribution in [0.15, 0.2) is 72.8 Å². The molecule has 0 saturated carbocycles. The number of alkyl carbamates (subject to hydrolysis) is 1. The number of ether oxygens (including phenoxy) is 1. The number of amides is 1. The number of nitrogens with zero attached hydrogens (tertiary/aromatic N) is 1. The van der Waals surface area contributed by atoms with Crippen molar-refractivity contribution in [1.82, 2.24) is 5.32 Å². The highest BCUT2D eigenvalue weighted by molar-refractivity contribution is 5.79. The van der Waals surface area contributed by atoms with Crippen LogP contribution in [0.25, 0.3) is 11.1 Å². The van der Waals surface area contributed by atoms with Gasteiger partial charge in [-0.05, 0) is 46.4 Å². The van der Waals surface area contributed by atoms with Crippen molar-refractivity contribution >= 4 is 12.1 Å². The van der Waals surface area contributed by atoms with Crippen LogP contribution >= 0.6 is 0 Å². The normalized spacial score (nSPS) is 12.8. The van der Waals surface area contributed by atoms with Crippen LogP contribution in [0.2, 0.25) is 0 Å². The lowest BCUT2D eigenvalue weighted by Gasteiger charge is -2.20. The number of aliphatic carboxylic acids is 1. The molecule has 160 valence electrons. The molecule has 1 N–H and O–H groups in total. The molecule has 1 aliphatic carbocycles. The third kappa shape index (κ3) is 4.62. The van der Waals surface area contributed by atoms with E-state index in [1.807, 2.05) is 42.5 Å². The molecule has 4 rings (SSSR count). The molecule has 1 aliphatic rings. The van der Waals surface area contributed by atoms with Crippen LogP contribution in [0.4, 0.5) is 4.79 Å². The van der Waals surface area contributed by atoms with E-state index >= 15 is 0 Å². The van der Waals surface area contributed by atoms with Crippen LogP contribution < -0.4 is 10.4 Å². The van der Waals surface area contributed by atoms with Crippen molar-refractivity contribution in [3.63, 3.8) is 0 Å². The van der Waals surface area contributed by atoms with Crippen LogP contribution in [0.3, 0.4) is 0 Å². The van der Waals surface area contributed by atoms with E-state index in [9.17, 15) is 14.7 Å². The smallest absolute Gasteiger partial charge is 0.407 e. The Balaban J connectivity index is 1.44. The molecule has 0 bridgehead atoms. The zero-order chi connectivity index (χ0) is 22.5. The Morgan fingerprint density at radius 2 is 1.66 bits per heavy atom. The summed E-state index contributed by atoms with van der Waals surface area (Å²) >= 11 is 0. The summed E-state index contributed by atoms with van der Waals surface area (Å²) in [6.45, 7) is 0.141. The van der Waals surface area contributed by atoms with Crippen LogP contribution in [0, 0.1) is 11.3 Å². The van der Waals surface area contributed by atoms with Gasteiger partial charge in [0.25, 0.3) is 0 Å². The summed E-state index contributed by atoms with van der Waals surface area (Å²) in [6, 6.07) is 24.2. The molecule has 3 aromatic carbocycles. The van der Waals surface area contributed by atoms with Crippen LogP contribution in [0.5, 0.6) is 0 Å². The minimum atomic E-state index is -1.27. The van der Waals surface area contributed by atoms with Gasteiger partial charge >= 0.3 is 6.09 Å². The minimum absolute atomic E-state index is 0.0833. The Labute approximate surface area is 186 Å². The molecule has 32 heavy (non-hydrogen) atoms. The standard InChI is InChI=1S/C26H22N2O4/c27-15-18-7-5-6-17(12-18)13-19(14-25(29)30)28-26(31)32-16-24-22-10-3-1-8-20(22)21-9-2-4-11-23(21)24/h1-12,19,24H,13-14,16H2,(H,28,31)(H,29,30)/p-1/t19-/m0/s1. The topological polar surface area (TPSA) is 102 Å². The number of carbonyl (C=O) groups is 2. The number of fused-ring (bicyclic) bond motifs is 3. The molecule has 0 heterocycles. The van der Waals surface area contributed by atoms with Gasteiger partial charge < -0.3 is 20.0 Å². The van der Waals surface area contributed by atoms with Gasteiger partial charge in [-0.1, -0.05) is 60.7 Å². The second kappa shape index (κ2) is 9.36. The van der Waals surface area contributed by atoms with Gasteiger partial charge in [0.15, 0.2) is 0 Å². The average Bonchev–Trinajstić information content (AvgIpc) is 3.11. The van der Waals surface area contributed by atoms with Crippen molar-refractivity contribution < 1.29 is 19.4 Å².